The quantitative estimate of drug-likeness (QED) is 0.807. The molecule has 4 nitrogen and oxygen atoms in total. The number of hydrogen-bond acceptors (Lipinski definition) is 4. The molecule has 1 aromatic rings. The van der Waals surface area contributed by atoms with Gasteiger partial charge in [0.15, 0.2) is 0 Å². The maximum absolute atomic E-state index is 5.87. The van der Waals surface area contributed by atoms with Crippen LogP contribution in [0.1, 0.15) is 32.0 Å². The molecule has 0 aromatic carbocycles. The van der Waals surface area contributed by atoms with E-state index in [4.69, 9.17) is 10.5 Å². The van der Waals surface area contributed by atoms with Crippen molar-refractivity contribution in [3.05, 3.63) is 17.3 Å². The van der Waals surface area contributed by atoms with Crippen LogP contribution >= 0.6 is 0 Å². The van der Waals surface area contributed by atoms with E-state index < -0.39 is 0 Å². The largest absolute Gasteiger partial charge is 0.480 e. The van der Waals surface area contributed by atoms with Crippen LogP contribution in [0.4, 0.5) is 5.69 Å². The summed E-state index contributed by atoms with van der Waals surface area (Å²) in [7, 11) is 1.61. The van der Waals surface area contributed by atoms with Gasteiger partial charge in [-0.05, 0) is 38.8 Å². The van der Waals surface area contributed by atoms with E-state index in [0.29, 0.717) is 11.6 Å². The molecule has 1 aliphatic rings. The van der Waals surface area contributed by atoms with Gasteiger partial charge in [0.25, 0.3) is 0 Å². The van der Waals surface area contributed by atoms with E-state index in [-0.39, 0.29) is 5.54 Å². The van der Waals surface area contributed by atoms with Crippen molar-refractivity contribution in [2.45, 2.75) is 39.3 Å². The third-order valence-electron chi connectivity index (χ3n) is 3.32. The maximum atomic E-state index is 5.87. The molecule has 0 fully saturated rings. The van der Waals surface area contributed by atoms with Gasteiger partial charge in [-0.2, -0.15) is 0 Å². The average Bonchev–Trinajstić information content (AvgIpc) is 2.26. The lowest BCUT2D eigenvalue weighted by Crippen LogP contribution is -2.44. The number of nitrogens with two attached hydrogens (primary N) is 1. The van der Waals surface area contributed by atoms with Crippen LogP contribution in [-0.4, -0.2) is 29.1 Å². The number of aromatic nitrogens is 1. The van der Waals surface area contributed by atoms with E-state index >= 15 is 0 Å². The van der Waals surface area contributed by atoms with Crippen molar-refractivity contribution in [1.82, 2.24) is 9.88 Å². The summed E-state index contributed by atoms with van der Waals surface area (Å²) in [6, 6.07) is 2.00. The minimum absolute atomic E-state index is 0.175. The molecule has 0 saturated carbocycles. The summed E-state index contributed by atoms with van der Waals surface area (Å²) < 4.78 is 5.18. The summed E-state index contributed by atoms with van der Waals surface area (Å²) in [5, 5.41) is 0. The zero-order valence-corrected chi connectivity index (χ0v) is 11.1. The van der Waals surface area contributed by atoms with E-state index in [2.05, 4.69) is 30.7 Å². The fraction of sp³-hybridized carbons (Fsp3) is 0.615. The fourth-order valence-electron chi connectivity index (χ4n) is 2.20. The van der Waals surface area contributed by atoms with Crippen molar-refractivity contribution in [1.29, 1.82) is 0 Å². The standard InChI is InChI=1S/C13H21N3O/c1-13(2,3)16-6-5-9-7-10(14)12(17-4)15-11(9)8-16/h7H,5-6,8,14H2,1-4H3. The number of ether oxygens (including phenoxy) is 1. The lowest BCUT2D eigenvalue weighted by molar-refractivity contribution is 0.118. The Morgan fingerprint density at radius 1 is 1.41 bits per heavy atom. The predicted molar refractivity (Wildman–Crippen MR) is 69.1 cm³/mol. The number of fused-ring (bicyclic) bond motifs is 1. The van der Waals surface area contributed by atoms with Crippen molar-refractivity contribution in [2.75, 3.05) is 19.4 Å². The van der Waals surface area contributed by atoms with Gasteiger partial charge in [0, 0.05) is 18.6 Å². The minimum atomic E-state index is 0.175. The predicted octanol–water partition coefficient (Wildman–Crippen LogP) is 1.83. The highest BCUT2D eigenvalue weighted by molar-refractivity contribution is 5.51. The van der Waals surface area contributed by atoms with Crippen LogP contribution < -0.4 is 10.5 Å². The highest BCUT2D eigenvalue weighted by Gasteiger charge is 2.27. The van der Waals surface area contributed by atoms with Crippen molar-refractivity contribution in [2.24, 2.45) is 0 Å². The molecule has 0 spiro atoms. The van der Waals surface area contributed by atoms with Crippen LogP contribution in [0, 0.1) is 0 Å². The molecule has 0 saturated heterocycles. The number of rotatable bonds is 1. The van der Waals surface area contributed by atoms with Crippen LogP contribution in [-0.2, 0) is 13.0 Å². The third kappa shape index (κ3) is 2.36. The second-order valence-electron chi connectivity index (χ2n) is 5.54. The van der Waals surface area contributed by atoms with E-state index in [1.165, 1.54) is 5.56 Å². The van der Waals surface area contributed by atoms with E-state index in [9.17, 15) is 0 Å². The smallest absolute Gasteiger partial charge is 0.237 e. The number of anilines is 1. The van der Waals surface area contributed by atoms with Crippen molar-refractivity contribution in [3.8, 4) is 5.88 Å². The molecule has 0 amide bonds. The van der Waals surface area contributed by atoms with Crippen LogP contribution in [0.3, 0.4) is 0 Å². The number of methoxy groups -OCH3 is 1. The van der Waals surface area contributed by atoms with Gasteiger partial charge in [-0.1, -0.05) is 0 Å². The molecule has 1 aliphatic heterocycles. The Morgan fingerprint density at radius 3 is 2.71 bits per heavy atom. The van der Waals surface area contributed by atoms with E-state index in [1.54, 1.807) is 7.11 Å². The van der Waals surface area contributed by atoms with Gasteiger partial charge >= 0.3 is 0 Å². The lowest BCUT2D eigenvalue weighted by Gasteiger charge is -2.38. The minimum Gasteiger partial charge on any atom is -0.480 e. The monoisotopic (exact) mass is 235 g/mol. The molecule has 1 aromatic heterocycles. The first kappa shape index (κ1) is 12.2. The molecular formula is C13H21N3O. The lowest BCUT2D eigenvalue weighted by atomic mass is 9.98. The normalized spacial score (nSPS) is 16.7. The highest BCUT2D eigenvalue weighted by atomic mass is 16.5. The molecule has 0 radical (unpaired) electrons. The van der Waals surface area contributed by atoms with Gasteiger partial charge < -0.3 is 10.5 Å². The summed E-state index contributed by atoms with van der Waals surface area (Å²) in [5.74, 6) is 0.541. The molecule has 0 atom stereocenters. The van der Waals surface area contributed by atoms with E-state index in [0.717, 1.165) is 25.2 Å². The molecule has 17 heavy (non-hydrogen) atoms. The maximum Gasteiger partial charge on any atom is 0.237 e. The summed E-state index contributed by atoms with van der Waals surface area (Å²) >= 11 is 0. The summed E-state index contributed by atoms with van der Waals surface area (Å²) in [6.45, 7) is 8.62. The molecule has 2 rings (SSSR count). The van der Waals surface area contributed by atoms with Crippen LogP contribution in [0.25, 0.3) is 0 Å². The Balaban J connectivity index is 2.31. The Bertz CT molecular complexity index is 423. The van der Waals surface area contributed by atoms with Crippen LogP contribution in [0.2, 0.25) is 0 Å². The Hall–Kier alpha value is -1.29. The first-order chi connectivity index (χ1) is 7.91. The molecule has 0 unspecified atom stereocenters. The molecule has 94 valence electrons. The zero-order valence-electron chi connectivity index (χ0n) is 11.1. The summed E-state index contributed by atoms with van der Waals surface area (Å²) in [4.78, 5) is 6.93. The first-order valence-corrected chi connectivity index (χ1v) is 5.99. The summed E-state index contributed by atoms with van der Waals surface area (Å²) in [5.41, 5.74) is 9.03. The van der Waals surface area contributed by atoms with Gasteiger partial charge in [0.1, 0.15) is 0 Å². The second kappa shape index (κ2) is 4.18. The SMILES string of the molecule is COc1nc2c(cc1N)CCN(C(C)(C)C)C2. The Kier molecular flexibility index (Phi) is 3.00. The molecule has 0 bridgehead atoms. The van der Waals surface area contributed by atoms with Crippen molar-refractivity contribution in [3.63, 3.8) is 0 Å². The number of pyridine rings is 1. The molecule has 2 N–H and O–H groups in total. The Labute approximate surface area is 103 Å². The molecule has 2 heterocycles. The van der Waals surface area contributed by atoms with Gasteiger partial charge in [-0.3, -0.25) is 4.90 Å². The fourth-order valence-corrected chi connectivity index (χ4v) is 2.20. The van der Waals surface area contributed by atoms with Gasteiger partial charge in [-0.15, -0.1) is 0 Å². The van der Waals surface area contributed by atoms with Crippen molar-refractivity contribution >= 4 is 5.69 Å². The second-order valence-corrected chi connectivity index (χ2v) is 5.54. The summed E-state index contributed by atoms with van der Waals surface area (Å²) in [6.07, 6.45) is 1.01. The molecular weight excluding hydrogens is 214 g/mol. The molecule has 4 heteroatoms. The van der Waals surface area contributed by atoms with Crippen LogP contribution in [0.15, 0.2) is 6.07 Å². The highest BCUT2D eigenvalue weighted by Crippen LogP contribution is 2.28. The van der Waals surface area contributed by atoms with Gasteiger partial charge in [-0.25, -0.2) is 4.98 Å². The van der Waals surface area contributed by atoms with Crippen molar-refractivity contribution < 1.29 is 4.74 Å². The van der Waals surface area contributed by atoms with Crippen LogP contribution in [0.5, 0.6) is 5.88 Å². The van der Waals surface area contributed by atoms with Gasteiger partial charge in [0.2, 0.25) is 5.88 Å². The Morgan fingerprint density at radius 2 is 2.12 bits per heavy atom. The number of hydrogen-bond donors (Lipinski definition) is 1. The molecule has 0 aliphatic carbocycles. The number of nitrogen functional groups attached to an aromatic ring is 1. The average molecular weight is 235 g/mol. The van der Waals surface area contributed by atoms with E-state index in [1.807, 2.05) is 6.07 Å². The zero-order chi connectivity index (χ0) is 12.6. The first-order valence-electron chi connectivity index (χ1n) is 5.99. The topological polar surface area (TPSA) is 51.4 Å². The number of nitrogens with zero attached hydrogens (tertiary/aromatic N) is 2. The third-order valence-corrected chi connectivity index (χ3v) is 3.32. The van der Waals surface area contributed by atoms with Gasteiger partial charge in [0.05, 0.1) is 18.5 Å².